The van der Waals surface area contributed by atoms with Crippen molar-refractivity contribution in [3.8, 4) is 0 Å². The molecule has 0 aliphatic rings. The third kappa shape index (κ3) is 1.72. The minimum Gasteiger partial charge on any atom is -0.331 e. The van der Waals surface area contributed by atoms with Gasteiger partial charge < -0.3 is 4.98 Å². The van der Waals surface area contributed by atoms with Gasteiger partial charge in [0.05, 0.1) is 15.4 Å². The maximum Gasteiger partial charge on any atom is 0.262 e. The molecule has 0 saturated heterocycles. The molecule has 2 rings (SSSR count). The summed E-state index contributed by atoms with van der Waals surface area (Å²) in [7, 11) is 0. The van der Waals surface area contributed by atoms with E-state index < -0.39 is 5.82 Å². The predicted octanol–water partition coefficient (Wildman–Crippen LogP) is 2.98. The molecule has 3 nitrogen and oxygen atoms in total. The molecule has 0 spiro atoms. The minimum absolute atomic E-state index is 0.207. The Morgan fingerprint density at radius 1 is 1.56 bits per heavy atom. The molecule has 0 amide bonds. The Morgan fingerprint density at radius 3 is 2.88 bits per heavy atom. The fourth-order valence-electron chi connectivity index (χ4n) is 1.53. The van der Waals surface area contributed by atoms with Gasteiger partial charge in [-0.3, -0.25) is 9.36 Å². The van der Waals surface area contributed by atoms with Gasteiger partial charge in [-0.25, -0.2) is 4.39 Å². The zero-order valence-corrected chi connectivity index (χ0v) is 10.8. The maximum atomic E-state index is 13.3. The van der Waals surface area contributed by atoms with E-state index in [1.165, 1.54) is 16.7 Å². The Bertz CT molecular complexity index is 677. The Hall–Kier alpha value is -1.01. The van der Waals surface area contributed by atoms with Crippen molar-refractivity contribution in [2.45, 2.75) is 13.5 Å². The van der Waals surface area contributed by atoms with E-state index in [-0.39, 0.29) is 10.0 Å². The average Bonchev–Trinajstić information content (AvgIpc) is 2.22. The van der Waals surface area contributed by atoms with Crippen LogP contribution in [0.3, 0.4) is 0 Å². The van der Waals surface area contributed by atoms with Gasteiger partial charge in [-0.1, -0.05) is 0 Å². The molecule has 1 aromatic carbocycles. The summed E-state index contributed by atoms with van der Waals surface area (Å²) in [6, 6.07) is 2.72. The Labute approximate surface area is 104 Å². The van der Waals surface area contributed by atoms with Crippen LogP contribution in [0.4, 0.5) is 4.39 Å². The normalized spacial score (nSPS) is 10.9. The molecule has 1 N–H and O–H groups in total. The molecule has 6 heteroatoms. The molecular weight excluding hydrogens is 295 g/mol. The van der Waals surface area contributed by atoms with Crippen molar-refractivity contribution in [3.63, 3.8) is 0 Å². The number of hydrogen-bond donors (Lipinski definition) is 1. The quantitative estimate of drug-likeness (QED) is 0.822. The van der Waals surface area contributed by atoms with E-state index in [9.17, 15) is 9.18 Å². The van der Waals surface area contributed by atoms with Gasteiger partial charge in [-0.15, -0.1) is 0 Å². The first kappa shape index (κ1) is 11.5. The van der Waals surface area contributed by atoms with Crippen molar-refractivity contribution < 1.29 is 4.39 Å². The zero-order chi connectivity index (χ0) is 11.9. The first-order valence-corrected chi connectivity index (χ1v) is 5.86. The fraction of sp³-hybridized carbons (Fsp3) is 0.200. The van der Waals surface area contributed by atoms with E-state index in [0.717, 1.165) is 0 Å². The summed E-state index contributed by atoms with van der Waals surface area (Å²) >= 11 is 8.07. The first-order valence-electron chi connectivity index (χ1n) is 4.66. The summed E-state index contributed by atoms with van der Waals surface area (Å²) in [5.41, 5.74) is 0.211. The molecule has 16 heavy (non-hydrogen) atoms. The molecule has 0 fully saturated rings. The van der Waals surface area contributed by atoms with Crippen LogP contribution in [0.5, 0.6) is 0 Å². The van der Waals surface area contributed by atoms with Crippen molar-refractivity contribution in [2.24, 2.45) is 0 Å². The monoisotopic (exact) mass is 302 g/mol. The van der Waals surface area contributed by atoms with Crippen molar-refractivity contribution in [1.82, 2.24) is 9.55 Å². The number of hydrogen-bond acceptors (Lipinski definition) is 2. The third-order valence-corrected chi connectivity index (χ3v) is 3.27. The fourth-order valence-corrected chi connectivity index (χ4v) is 2.20. The van der Waals surface area contributed by atoms with Gasteiger partial charge in [-0.2, -0.15) is 0 Å². The lowest BCUT2D eigenvalue weighted by molar-refractivity contribution is 0.622. The number of nitrogens with one attached hydrogen (secondary N) is 1. The molecule has 0 aliphatic carbocycles. The highest BCUT2D eigenvalue weighted by atomic mass is 79.9. The van der Waals surface area contributed by atoms with Crippen molar-refractivity contribution >= 4 is 39.1 Å². The Balaban J connectivity index is 3.00. The number of benzene rings is 1. The van der Waals surface area contributed by atoms with Gasteiger partial charge in [0, 0.05) is 6.54 Å². The van der Waals surface area contributed by atoms with Crippen LogP contribution in [0, 0.1) is 10.6 Å². The van der Waals surface area contributed by atoms with Gasteiger partial charge in [0.25, 0.3) is 5.56 Å². The number of fused-ring (bicyclic) bond motifs is 1. The van der Waals surface area contributed by atoms with Gasteiger partial charge in [0.2, 0.25) is 0 Å². The van der Waals surface area contributed by atoms with Crippen LogP contribution in [0.2, 0.25) is 0 Å². The van der Waals surface area contributed by atoms with E-state index in [1.54, 1.807) is 0 Å². The molecule has 1 heterocycles. The lowest BCUT2D eigenvalue weighted by Crippen LogP contribution is -2.21. The number of aromatic nitrogens is 2. The highest BCUT2D eigenvalue weighted by Gasteiger charge is 2.08. The van der Waals surface area contributed by atoms with Gasteiger partial charge in [0.15, 0.2) is 4.77 Å². The van der Waals surface area contributed by atoms with Crippen LogP contribution in [0.15, 0.2) is 21.4 Å². The summed E-state index contributed by atoms with van der Waals surface area (Å²) in [4.78, 5) is 14.8. The summed E-state index contributed by atoms with van der Waals surface area (Å²) in [6.45, 7) is 2.31. The van der Waals surface area contributed by atoms with E-state index in [1.807, 2.05) is 6.92 Å². The summed E-state index contributed by atoms with van der Waals surface area (Å²) in [5, 5.41) is 0.420. The number of nitrogens with zero attached hydrogens (tertiary/aromatic N) is 1. The van der Waals surface area contributed by atoms with Crippen LogP contribution < -0.4 is 5.56 Å². The molecule has 84 valence electrons. The number of halogens is 2. The topological polar surface area (TPSA) is 37.8 Å². The van der Waals surface area contributed by atoms with Crippen LogP contribution in [-0.2, 0) is 6.54 Å². The van der Waals surface area contributed by atoms with E-state index in [2.05, 4.69) is 20.9 Å². The number of rotatable bonds is 1. The maximum absolute atomic E-state index is 13.3. The molecule has 0 atom stereocenters. The van der Waals surface area contributed by atoms with Gasteiger partial charge in [-0.05, 0) is 47.2 Å². The number of aromatic amines is 1. The lowest BCUT2D eigenvalue weighted by Gasteiger charge is -2.05. The average molecular weight is 303 g/mol. The molecule has 0 aliphatic heterocycles. The second kappa shape index (κ2) is 4.10. The first-order chi connectivity index (χ1) is 7.54. The van der Waals surface area contributed by atoms with Crippen molar-refractivity contribution in [1.29, 1.82) is 0 Å². The van der Waals surface area contributed by atoms with E-state index in [4.69, 9.17) is 12.2 Å². The molecule has 0 bridgehead atoms. The SMILES string of the molecule is CCn1c(=S)[nH]c2cc(F)c(Br)cc2c1=O. The standard InChI is InChI=1S/C10H8BrFN2OS/c1-2-14-9(15)5-3-6(11)7(12)4-8(5)13-10(14)16/h3-4H,2H2,1H3,(H,13,16). The minimum atomic E-state index is -0.424. The highest BCUT2D eigenvalue weighted by Crippen LogP contribution is 2.19. The smallest absolute Gasteiger partial charge is 0.262 e. The van der Waals surface area contributed by atoms with Crippen molar-refractivity contribution in [3.05, 3.63) is 37.5 Å². The molecule has 0 radical (unpaired) electrons. The second-order valence-corrected chi connectivity index (χ2v) is 4.53. The highest BCUT2D eigenvalue weighted by molar-refractivity contribution is 9.10. The molecule has 0 saturated carbocycles. The Morgan fingerprint density at radius 2 is 2.25 bits per heavy atom. The largest absolute Gasteiger partial charge is 0.331 e. The molecule has 0 unspecified atom stereocenters. The lowest BCUT2D eigenvalue weighted by atomic mass is 10.2. The summed E-state index contributed by atoms with van der Waals surface area (Å²) in [6.07, 6.45) is 0. The van der Waals surface area contributed by atoms with Crippen LogP contribution in [0.25, 0.3) is 10.9 Å². The van der Waals surface area contributed by atoms with E-state index >= 15 is 0 Å². The summed E-state index contributed by atoms with van der Waals surface area (Å²) < 4.78 is 15.3. The van der Waals surface area contributed by atoms with Gasteiger partial charge >= 0.3 is 0 Å². The molecular formula is C10H8BrFN2OS. The zero-order valence-electron chi connectivity index (χ0n) is 8.38. The Kier molecular flexibility index (Phi) is 2.94. The van der Waals surface area contributed by atoms with Crippen molar-refractivity contribution in [2.75, 3.05) is 0 Å². The second-order valence-electron chi connectivity index (χ2n) is 3.29. The number of H-pyrrole nitrogens is 1. The van der Waals surface area contributed by atoms with Crippen LogP contribution in [-0.4, -0.2) is 9.55 Å². The molecule has 2 aromatic rings. The summed E-state index contributed by atoms with van der Waals surface area (Å²) in [5.74, 6) is -0.424. The molecule has 1 aromatic heterocycles. The third-order valence-electron chi connectivity index (χ3n) is 2.34. The van der Waals surface area contributed by atoms with Gasteiger partial charge in [0.1, 0.15) is 5.82 Å². The predicted molar refractivity (Wildman–Crippen MR) is 66.7 cm³/mol. The van der Waals surface area contributed by atoms with Crippen LogP contribution in [0.1, 0.15) is 6.92 Å². The van der Waals surface area contributed by atoms with E-state index in [0.29, 0.717) is 22.2 Å². The van der Waals surface area contributed by atoms with Crippen LogP contribution >= 0.6 is 28.1 Å².